The highest BCUT2D eigenvalue weighted by molar-refractivity contribution is 4.86. The largest absolute Gasteiger partial charge is 0.404 e. The van der Waals surface area contributed by atoms with Crippen molar-refractivity contribution in [2.45, 2.75) is 45.3 Å². The van der Waals surface area contributed by atoms with E-state index in [0.717, 1.165) is 12.8 Å². The average Bonchev–Trinajstić information content (AvgIpc) is 2.13. The molecule has 1 atom stereocenters. The molecule has 1 aliphatic rings. The summed E-state index contributed by atoms with van der Waals surface area (Å²) in [7, 11) is 0. The summed E-state index contributed by atoms with van der Waals surface area (Å²) >= 11 is 0. The maximum Gasteiger partial charge on any atom is 0.404 e. The lowest BCUT2D eigenvalue weighted by molar-refractivity contribution is -0.189. The van der Waals surface area contributed by atoms with Gasteiger partial charge in [-0.15, -0.1) is 0 Å². The highest BCUT2D eigenvalue weighted by Gasteiger charge is 2.44. The van der Waals surface area contributed by atoms with Gasteiger partial charge in [0.15, 0.2) is 0 Å². The highest BCUT2D eigenvalue weighted by atomic mass is 19.4. The van der Waals surface area contributed by atoms with Crippen LogP contribution < -0.4 is 5.73 Å². The topological polar surface area (TPSA) is 29.3 Å². The first-order valence-corrected chi connectivity index (χ1v) is 5.77. The summed E-state index contributed by atoms with van der Waals surface area (Å²) < 4.78 is 38.4. The summed E-state index contributed by atoms with van der Waals surface area (Å²) in [5.74, 6) is 0. The van der Waals surface area contributed by atoms with E-state index in [0.29, 0.717) is 13.1 Å². The Kier molecular flexibility index (Phi) is 4.23. The van der Waals surface area contributed by atoms with E-state index >= 15 is 0 Å². The molecule has 16 heavy (non-hydrogen) atoms. The summed E-state index contributed by atoms with van der Waals surface area (Å²) in [6.45, 7) is 5.35. The first-order valence-electron chi connectivity index (χ1n) is 5.77. The number of hydrogen-bond acceptors (Lipinski definition) is 2. The maximum absolute atomic E-state index is 12.8. The fourth-order valence-electron chi connectivity index (χ4n) is 2.15. The first kappa shape index (κ1) is 13.8. The van der Waals surface area contributed by atoms with E-state index in [-0.39, 0.29) is 18.4 Å². The third-order valence-electron chi connectivity index (χ3n) is 3.41. The molecule has 0 aromatic rings. The minimum Gasteiger partial charge on any atom is -0.330 e. The molecule has 1 saturated heterocycles. The lowest BCUT2D eigenvalue weighted by Gasteiger charge is -2.41. The van der Waals surface area contributed by atoms with E-state index in [1.54, 1.807) is 0 Å². The molecule has 2 N–H and O–H groups in total. The molecule has 1 rings (SSSR count). The van der Waals surface area contributed by atoms with Crippen molar-refractivity contribution in [3.8, 4) is 0 Å². The normalized spacial score (nSPS) is 24.4. The Balaban J connectivity index is 2.61. The van der Waals surface area contributed by atoms with Crippen LogP contribution in [0.25, 0.3) is 0 Å². The summed E-state index contributed by atoms with van der Waals surface area (Å²) in [5, 5.41) is 0. The third kappa shape index (κ3) is 3.63. The first-order chi connectivity index (χ1) is 7.26. The van der Waals surface area contributed by atoms with E-state index in [1.807, 2.05) is 0 Å². The highest BCUT2D eigenvalue weighted by Crippen LogP contribution is 2.34. The molecular weight excluding hydrogens is 217 g/mol. The maximum atomic E-state index is 12.8. The zero-order valence-corrected chi connectivity index (χ0v) is 9.98. The van der Waals surface area contributed by atoms with Crippen LogP contribution in [0, 0.1) is 5.41 Å². The molecule has 0 aromatic carbocycles. The van der Waals surface area contributed by atoms with Crippen molar-refractivity contribution >= 4 is 0 Å². The van der Waals surface area contributed by atoms with E-state index in [4.69, 9.17) is 5.73 Å². The molecule has 1 aliphatic heterocycles. The Morgan fingerprint density at radius 2 is 1.75 bits per heavy atom. The summed E-state index contributed by atoms with van der Waals surface area (Å²) in [4.78, 5) is 1.54. The second-order valence-electron chi connectivity index (χ2n) is 5.33. The lowest BCUT2D eigenvalue weighted by Crippen LogP contribution is -2.51. The molecule has 1 fully saturated rings. The van der Waals surface area contributed by atoms with Crippen molar-refractivity contribution in [3.05, 3.63) is 0 Å². The number of nitrogens with two attached hydrogens (primary N) is 1. The predicted molar refractivity (Wildman–Crippen MR) is 58.1 cm³/mol. The van der Waals surface area contributed by atoms with Gasteiger partial charge >= 0.3 is 6.18 Å². The second-order valence-corrected chi connectivity index (χ2v) is 5.33. The van der Waals surface area contributed by atoms with Gasteiger partial charge in [0.25, 0.3) is 0 Å². The van der Waals surface area contributed by atoms with Crippen molar-refractivity contribution < 1.29 is 13.2 Å². The Bertz CT molecular complexity index is 216. The molecule has 0 aromatic heterocycles. The van der Waals surface area contributed by atoms with E-state index < -0.39 is 12.2 Å². The average molecular weight is 238 g/mol. The molecule has 0 saturated carbocycles. The molecular formula is C11H21F3N2. The molecule has 0 spiro atoms. The number of rotatable bonds is 3. The number of likely N-dealkylation sites (tertiary alicyclic amines) is 1. The van der Waals surface area contributed by atoms with Crippen molar-refractivity contribution in [3.63, 3.8) is 0 Å². The van der Waals surface area contributed by atoms with Crippen molar-refractivity contribution in [1.82, 2.24) is 4.90 Å². The van der Waals surface area contributed by atoms with Gasteiger partial charge in [0.1, 0.15) is 6.04 Å². The number of halogens is 3. The van der Waals surface area contributed by atoms with Crippen molar-refractivity contribution in [2.24, 2.45) is 11.1 Å². The van der Waals surface area contributed by atoms with Gasteiger partial charge in [-0.25, -0.2) is 0 Å². The van der Waals surface area contributed by atoms with Gasteiger partial charge in [-0.3, -0.25) is 4.90 Å². The van der Waals surface area contributed by atoms with E-state index in [2.05, 4.69) is 13.8 Å². The van der Waals surface area contributed by atoms with Gasteiger partial charge in [-0.05, 0) is 44.3 Å². The minimum atomic E-state index is -4.15. The van der Waals surface area contributed by atoms with Gasteiger partial charge in [-0.1, -0.05) is 13.8 Å². The predicted octanol–water partition coefficient (Wildman–Crippen LogP) is 2.39. The van der Waals surface area contributed by atoms with Crippen LogP contribution in [0.5, 0.6) is 0 Å². The van der Waals surface area contributed by atoms with Crippen molar-refractivity contribution in [1.29, 1.82) is 0 Å². The van der Waals surface area contributed by atoms with Gasteiger partial charge in [-0.2, -0.15) is 13.2 Å². The van der Waals surface area contributed by atoms with Gasteiger partial charge in [0.2, 0.25) is 0 Å². The van der Waals surface area contributed by atoms with E-state index in [1.165, 1.54) is 4.90 Å². The molecule has 96 valence electrons. The smallest absolute Gasteiger partial charge is 0.330 e. The molecule has 0 radical (unpaired) electrons. The summed E-state index contributed by atoms with van der Waals surface area (Å²) in [6, 6.07) is -1.35. The van der Waals surface area contributed by atoms with Gasteiger partial charge in [0.05, 0.1) is 0 Å². The number of alkyl halides is 3. The van der Waals surface area contributed by atoms with Crippen LogP contribution in [-0.4, -0.2) is 36.8 Å². The lowest BCUT2D eigenvalue weighted by atomic mass is 9.82. The SMILES string of the molecule is CC1(C)CCN(C(CCN)C(F)(F)F)CC1. The minimum absolute atomic E-state index is 0.00390. The molecule has 0 aliphatic carbocycles. The fraction of sp³-hybridized carbons (Fsp3) is 1.00. The Labute approximate surface area is 95.0 Å². The zero-order valence-electron chi connectivity index (χ0n) is 9.98. The van der Waals surface area contributed by atoms with Crippen LogP contribution in [0.2, 0.25) is 0 Å². The molecule has 0 bridgehead atoms. The number of nitrogens with zero attached hydrogens (tertiary/aromatic N) is 1. The number of piperidine rings is 1. The second kappa shape index (κ2) is 4.92. The monoisotopic (exact) mass is 238 g/mol. The van der Waals surface area contributed by atoms with Gasteiger partial charge in [0, 0.05) is 0 Å². The van der Waals surface area contributed by atoms with Crippen LogP contribution in [0.15, 0.2) is 0 Å². The summed E-state index contributed by atoms with van der Waals surface area (Å²) in [6.07, 6.45) is -2.50. The molecule has 5 heteroatoms. The Morgan fingerprint density at radius 1 is 1.25 bits per heavy atom. The van der Waals surface area contributed by atoms with Crippen LogP contribution in [0.1, 0.15) is 33.1 Å². The third-order valence-corrected chi connectivity index (χ3v) is 3.41. The van der Waals surface area contributed by atoms with Crippen molar-refractivity contribution in [2.75, 3.05) is 19.6 Å². The fourth-order valence-corrected chi connectivity index (χ4v) is 2.15. The van der Waals surface area contributed by atoms with Crippen LogP contribution in [0.4, 0.5) is 13.2 Å². The van der Waals surface area contributed by atoms with E-state index in [9.17, 15) is 13.2 Å². The van der Waals surface area contributed by atoms with Crippen LogP contribution >= 0.6 is 0 Å². The van der Waals surface area contributed by atoms with Crippen LogP contribution in [0.3, 0.4) is 0 Å². The standard InChI is InChI=1S/C11H21F3N2/c1-10(2)4-7-16(8-5-10)9(3-6-15)11(12,13)14/h9H,3-8,15H2,1-2H3. The molecule has 1 unspecified atom stereocenters. The zero-order chi connectivity index (χ0) is 12.4. The summed E-state index contributed by atoms with van der Waals surface area (Å²) in [5.41, 5.74) is 5.44. The Morgan fingerprint density at radius 3 is 2.12 bits per heavy atom. The van der Waals surface area contributed by atoms with Gasteiger partial charge < -0.3 is 5.73 Å². The quantitative estimate of drug-likeness (QED) is 0.818. The molecule has 1 heterocycles. The molecule has 2 nitrogen and oxygen atoms in total. The van der Waals surface area contributed by atoms with Crippen LogP contribution in [-0.2, 0) is 0 Å². The number of hydrogen-bond donors (Lipinski definition) is 1. The molecule has 0 amide bonds. The Hall–Kier alpha value is -0.290.